The van der Waals surface area contributed by atoms with Crippen molar-refractivity contribution in [1.82, 2.24) is 9.80 Å². The van der Waals surface area contributed by atoms with E-state index in [-0.39, 0.29) is 12.0 Å². The first-order valence-electron chi connectivity index (χ1n) is 12.6. The van der Waals surface area contributed by atoms with Crippen molar-refractivity contribution < 1.29 is 19.0 Å². The van der Waals surface area contributed by atoms with Crippen LogP contribution in [0.15, 0.2) is 48.5 Å². The van der Waals surface area contributed by atoms with Crippen LogP contribution in [-0.2, 0) is 16.1 Å². The number of hydrogen-bond donors (Lipinski definition) is 0. The Bertz CT molecular complexity index is 1000. The highest BCUT2D eigenvalue weighted by Gasteiger charge is 2.48. The second-order valence-corrected chi connectivity index (χ2v) is 10.7. The number of carbonyl (C=O) groups excluding carboxylic acids is 1. The number of nitrogens with zero attached hydrogens (tertiary/aromatic N) is 2. The van der Waals surface area contributed by atoms with Crippen molar-refractivity contribution in [2.24, 2.45) is 11.3 Å². The van der Waals surface area contributed by atoms with E-state index in [1.165, 1.54) is 11.1 Å². The summed E-state index contributed by atoms with van der Waals surface area (Å²) in [5.74, 6) is 2.68. The molecule has 0 bridgehead atoms. The second-order valence-electron chi connectivity index (χ2n) is 10.7. The van der Waals surface area contributed by atoms with Crippen molar-refractivity contribution >= 4 is 5.91 Å². The minimum absolute atomic E-state index is 0.0995. The average molecular weight is 463 g/mol. The molecule has 2 aromatic carbocycles. The number of methoxy groups -OCH3 is 1. The molecule has 1 saturated carbocycles. The number of hydrogen-bond acceptors (Lipinski definition) is 5. The fraction of sp³-hybridized carbons (Fsp3) is 0.536. The third-order valence-electron chi connectivity index (χ3n) is 8.10. The van der Waals surface area contributed by atoms with Crippen molar-refractivity contribution in [3.63, 3.8) is 0 Å². The highest BCUT2D eigenvalue weighted by atomic mass is 16.5. The van der Waals surface area contributed by atoms with Gasteiger partial charge in [0.1, 0.15) is 17.6 Å². The summed E-state index contributed by atoms with van der Waals surface area (Å²) in [6.45, 7) is 6.55. The van der Waals surface area contributed by atoms with Gasteiger partial charge in [-0.15, -0.1) is 0 Å². The van der Waals surface area contributed by atoms with Crippen LogP contribution < -0.4 is 9.47 Å². The first-order valence-corrected chi connectivity index (χ1v) is 12.6. The molecule has 4 aliphatic rings. The van der Waals surface area contributed by atoms with Crippen molar-refractivity contribution in [3.05, 3.63) is 59.7 Å². The van der Waals surface area contributed by atoms with E-state index in [4.69, 9.17) is 14.2 Å². The van der Waals surface area contributed by atoms with E-state index in [0.29, 0.717) is 30.3 Å². The molecule has 34 heavy (non-hydrogen) atoms. The van der Waals surface area contributed by atoms with Gasteiger partial charge < -0.3 is 19.1 Å². The Hall–Kier alpha value is -2.57. The molecule has 4 fully saturated rings. The van der Waals surface area contributed by atoms with Gasteiger partial charge in [-0.05, 0) is 60.6 Å². The number of rotatable bonds is 7. The number of amides is 1. The molecule has 6 nitrogen and oxygen atoms in total. The lowest BCUT2D eigenvalue weighted by atomic mass is 9.78. The van der Waals surface area contributed by atoms with Gasteiger partial charge in [-0.1, -0.05) is 24.3 Å². The summed E-state index contributed by atoms with van der Waals surface area (Å²) in [6.07, 6.45) is 3.10. The number of likely N-dealkylation sites (tertiary alicyclic amines) is 2. The first-order chi connectivity index (χ1) is 16.6. The lowest BCUT2D eigenvalue weighted by Crippen LogP contribution is -2.65. The van der Waals surface area contributed by atoms with Crippen LogP contribution in [0.2, 0.25) is 0 Å². The molecule has 3 aliphatic heterocycles. The topological polar surface area (TPSA) is 51.2 Å². The second kappa shape index (κ2) is 8.90. The maximum atomic E-state index is 13.0. The zero-order valence-corrected chi connectivity index (χ0v) is 19.9. The first kappa shape index (κ1) is 21.9. The van der Waals surface area contributed by atoms with E-state index in [0.717, 1.165) is 63.6 Å². The largest absolute Gasteiger partial charge is 0.497 e. The molecule has 1 spiro atoms. The zero-order valence-electron chi connectivity index (χ0n) is 19.9. The Morgan fingerprint density at radius 1 is 1.00 bits per heavy atom. The summed E-state index contributed by atoms with van der Waals surface area (Å²) in [5.41, 5.74) is 3.10. The van der Waals surface area contributed by atoms with E-state index in [1.54, 1.807) is 7.11 Å². The molecule has 6 heteroatoms. The van der Waals surface area contributed by atoms with Gasteiger partial charge in [-0.3, -0.25) is 9.69 Å². The third kappa shape index (κ3) is 4.29. The minimum Gasteiger partial charge on any atom is -0.497 e. The van der Waals surface area contributed by atoms with Gasteiger partial charge in [0.25, 0.3) is 0 Å². The maximum absolute atomic E-state index is 13.0. The van der Waals surface area contributed by atoms with Gasteiger partial charge in [0.15, 0.2) is 0 Å². The molecular weight excluding hydrogens is 428 g/mol. The third-order valence-corrected chi connectivity index (χ3v) is 8.10. The van der Waals surface area contributed by atoms with Crippen molar-refractivity contribution in [2.45, 2.75) is 37.8 Å². The predicted molar refractivity (Wildman–Crippen MR) is 129 cm³/mol. The Labute approximate surface area is 201 Å². The highest BCUT2D eigenvalue weighted by Crippen LogP contribution is 2.40. The number of ether oxygens (including phenoxy) is 3. The Balaban J connectivity index is 0.934. The fourth-order valence-corrected chi connectivity index (χ4v) is 6.05. The maximum Gasteiger partial charge on any atom is 0.225 e. The molecule has 0 radical (unpaired) electrons. The quantitative estimate of drug-likeness (QED) is 0.628. The molecule has 1 amide bonds. The normalized spacial score (nSPS) is 26.0. The highest BCUT2D eigenvalue weighted by molar-refractivity contribution is 5.80. The van der Waals surface area contributed by atoms with Gasteiger partial charge in [0, 0.05) is 31.0 Å². The van der Waals surface area contributed by atoms with Crippen LogP contribution in [0.25, 0.3) is 0 Å². The molecule has 0 N–H and O–H groups in total. The van der Waals surface area contributed by atoms with Crippen LogP contribution in [0.5, 0.6) is 11.5 Å². The van der Waals surface area contributed by atoms with Crippen LogP contribution in [0.3, 0.4) is 0 Å². The van der Waals surface area contributed by atoms with Crippen LogP contribution in [0, 0.1) is 11.3 Å². The van der Waals surface area contributed by atoms with Gasteiger partial charge >= 0.3 is 0 Å². The zero-order chi connectivity index (χ0) is 23.1. The van der Waals surface area contributed by atoms with Gasteiger partial charge in [0.05, 0.1) is 33.4 Å². The molecule has 180 valence electrons. The molecule has 3 heterocycles. The van der Waals surface area contributed by atoms with E-state index < -0.39 is 0 Å². The number of carbonyl (C=O) groups is 1. The molecule has 2 unspecified atom stereocenters. The summed E-state index contributed by atoms with van der Waals surface area (Å²) in [4.78, 5) is 17.5. The molecule has 1 aliphatic carbocycles. The SMILES string of the molecule is COc1ccc(C2CCC(C(=O)N3CC(Oc4ccc(CN5CC6(COC6)C5)cc4)C3)C2)cc1. The summed E-state index contributed by atoms with van der Waals surface area (Å²) in [5, 5.41) is 0. The molecule has 2 aromatic rings. The van der Waals surface area contributed by atoms with Crippen LogP contribution in [0.1, 0.15) is 36.3 Å². The lowest BCUT2D eigenvalue weighted by Gasteiger charge is -2.55. The number of benzene rings is 2. The molecular formula is C28H34N2O4. The van der Waals surface area contributed by atoms with Crippen molar-refractivity contribution in [1.29, 1.82) is 0 Å². The summed E-state index contributed by atoms with van der Waals surface area (Å²) >= 11 is 0. The smallest absolute Gasteiger partial charge is 0.225 e. The van der Waals surface area contributed by atoms with Crippen LogP contribution >= 0.6 is 0 Å². The lowest BCUT2D eigenvalue weighted by molar-refractivity contribution is -0.191. The van der Waals surface area contributed by atoms with Crippen LogP contribution in [-0.4, -0.2) is 68.3 Å². The van der Waals surface area contributed by atoms with Gasteiger partial charge in [0.2, 0.25) is 5.91 Å². The van der Waals surface area contributed by atoms with Crippen LogP contribution in [0.4, 0.5) is 0 Å². The standard InChI is InChI=1S/C28H34N2O4/c1-32-24-10-6-21(7-11-24)22-4-5-23(12-22)27(31)30-14-26(15-30)34-25-8-2-20(3-9-25)13-29-16-28(17-29)18-33-19-28/h2-3,6-11,22-23,26H,4-5,12-19H2,1H3. The van der Waals surface area contributed by atoms with E-state index >= 15 is 0 Å². The molecule has 3 saturated heterocycles. The average Bonchev–Trinajstić information content (AvgIpc) is 3.28. The Kier molecular flexibility index (Phi) is 5.74. The summed E-state index contributed by atoms with van der Waals surface area (Å²) in [7, 11) is 1.69. The van der Waals surface area contributed by atoms with Gasteiger partial charge in [-0.25, -0.2) is 0 Å². The molecule has 2 atom stereocenters. The van der Waals surface area contributed by atoms with E-state index in [9.17, 15) is 4.79 Å². The fourth-order valence-electron chi connectivity index (χ4n) is 6.05. The summed E-state index contributed by atoms with van der Waals surface area (Å²) in [6, 6.07) is 16.8. The minimum atomic E-state index is 0.0995. The Morgan fingerprint density at radius 2 is 1.71 bits per heavy atom. The van der Waals surface area contributed by atoms with Crippen molar-refractivity contribution in [3.8, 4) is 11.5 Å². The summed E-state index contributed by atoms with van der Waals surface area (Å²) < 4.78 is 16.7. The van der Waals surface area contributed by atoms with E-state index in [1.807, 2.05) is 17.0 Å². The molecule has 0 aromatic heterocycles. The Morgan fingerprint density at radius 3 is 2.35 bits per heavy atom. The molecule has 6 rings (SSSR count). The van der Waals surface area contributed by atoms with Crippen molar-refractivity contribution in [2.75, 3.05) is 46.5 Å². The monoisotopic (exact) mass is 462 g/mol. The van der Waals surface area contributed by atoms with E-state index in [2.05, 4.69) is 41.3 Å². The van der Waals surface area contributed by atoms with Gasteiger partial charge in [-0.2, -0.15) is 0 Å². The predicted octanol–water partition coefficient (Wildman–Crippen LogP) is 3.70.